The first-order valence-corrected chi connectivity index (χ1v) is 10.1. The van der Waals surface area contributed by atoms with Crippen molar-refractivity contribution in [3.05, 3.63) is 65.5 Å². The van der Waals surface area contributed by atoms with Gasteiger partial charge in [0.1, 0.15) is 0 Å². The van der Waals surface area contributed by atoms with Crippen LogP contribution in [0.15, 0.2) is 48.8 Å². The summed E-state index contributed by atoms with van der Waals surface area (Å²) in [4.78, 5) is 31.6. The normalized spacial score (nSPS) is 19.2. The van der Waals surface area contributed by atoms with Gasteiger partial charge >= 0.3 is 0 Å². The van der Waals surface area contributed by atoms with Crippen molar-refractivity contribution in [1.82, 2.24) is 15.2 Å². The smallest absolute Gasteiger partial charge is 0.225 e. The van der Waals surface area contributed by atoms with E-state index < -0.39 is 0 Å². The summed E-state index contributed by atoms with van der Waals surface area (Å²) in [7, 11) is 1.62. The van der Waals surface area contributed by atoms with Gasteiger partial charge in [-0.1, -0.05) is 35.9 Å². The van der Waals surface area contributed by atoms with E-state index in [1.807, 2.05) is 54.4 Å². The van der Waals surface area contributed by atoms with Gasteiger partial charge in [-0.15, -0.1) is 0 Å². The first kappa shape index (κ1) is 21.0. The van der Waals surface area contributed by atoms with Crippen molar-refractivity contribution in [2.45, 2.75) is 32.2 Å². The molecule has 0 aliphatic carbocycles. The van der Waals surface area contributed by atoms with Gasteiger partial charge in [0.2, 0.25) is 11.8 Å². The number of ether oxygens (including phenoxy) is 1. The highest BCUT2D eigenvalue weighted by atomic mass is 16.5. The van der Waals surface area contributed by atoms with Crippen LogP contribution in [0.2, 0.25) is 0 Å². The van der Waals surface area contributed by atoms with Crippen molar-refractivity contribution in [2.24, 2.45) is 5.92 Å². The molecule has 3 rings (SSSR count). The van der Waals surface area contributed by atoms with Crippen LogP contribution < -0.4 is 5.32 Å². The Hall–Kier alpha value is -2.73. The van der Waals surface area contributed by atoms with Crippen LogP contribution in [0.4, 0.5) is 0 Å². The topological polar surface area (TPSA) is 71.5 Å². The molecule has 6 nitrogen and oxygen atoms in total. The van der Waals surface area contributed by atoms with Crippen LogP contribution in [0.1, 0.15) is 35.6 Å². The Kier molecular flexibility index (Phi) is 7.36. The number of nitrogens with zero attached hydrogens (tertiary/aromatic N) is 2. The molecule has 0 saturated carbocycles. The van der Waals surface area contributed by atoms with E-state index in [9.17, 15) is 9.59 Å². The maximum Gasteiger partial charge on any atom is 0.225 e. The van der Waals surface area contributed by atoms with E-state index in [0.717, 1.165) is 23.1 Å². The number of aryl methyl sites for hydroxylation is 1. The number of nitrogens with one attached hydrogen (secondary N) is 1. The molecule has 1 aliphatic rings. The number of likely N-dealkylation sites (tertiary alicyclic amines) is 1. The zero-order valence-corrected chi connectivity index (χ0v) is 17.1. The highest BCUT2D eigenvalue weighted by molar-refractivity contribution is 5.85. The van der Waals surface area contributed by atoms with Crippen molar-refractivity contribution < 1.29 is 14.3 Å². The lowest BCUT2D eigenvalue weighted by molar-refractivity contribution is -0.144. The summed E-state index contributed by atoms with van der Waals surface area (Å²) in [5.74, 6) is -0.206. The van der Waals surface area contributed by atoms with Crippen LogP contribution in [-0.4, -0.2) is 48.5 Å². The largest absolute Gasteiger partial charge is 0.383 e. The summed E-state index contributed by atoms with van der Waals surface area (Å²) in [5.41, 5.74) is 3.23. The molecule has 0 spiro atoms. The van der Waals surface area contributed by atoms with Crippen molar-refractivity contribution in [2.75, 3.05) is 26.8 Å². The lowest BCUT2D eigenvalue weighted by atomic mass is 9.83. The Morgan fingerprint density at radius 2 is 2.07 bits per heavy atom. The van der Waals surface area contributed by atoms with E-state index in [0.29, 0.717) is 32.5 Å². The molecule has 0 bridgehead atoms. The van der Waals surface area contributed by atoms with Crippen LogP contribution in [0.3, 0.4) is 0 Å². The molecule has 2 amide bonds. The Balaban J connectivity index is 1.75. The van der Waals surface area contributed by atoms with Crippen molar-refractivity contribution >= 4 is 11.8 Å². The van der Waals surface area contributed by atoms with E-state index in [-0.39, 0.29) is 23.8 Å². The maximum absolute atomic E-state index is 13.1. The van der Waals surface area contributed by atoms with Crippen LogP contribution in [0.25, 0.3) is 0 Å². The summed E-state index contributed by atoms with van der Waals surface area (Å²) >= 11 is 0. The summed E-state index contributed by atoms with van der Waals surface area (Å²) in [5, 5.41) is 3.07. The van der Waals surface area contributed by atoms with Crippen LogP contribution in [0, 0.1) is 12.8 Å². The monoisotopic (exact) mass is 395 g/mol. The van der Waals surface area contributed by atoms with Crippen LogP contribution in [0.5, 0.6) is 0 Å². The third-order valence-corrected chi connectivity index (χ3v) is 5.43. The molecule has 2 aromatic rings. The molecular formula is C23H29N3O3. The molecule has 1 saturated heterocycles. The predicted octanol–water partition coefficient (Wildman–Crippen LogP) is 2.68. The Labute approximate surface area is 172 Å². The Bertz CT molecular complexity index is 808. The van der Waals surface area contributed by atoms with Gasteiger partial charge in [0.25, 0.3) is 0 Å². The zero-order valence-electron chi connectivity index (χ0n) is 17.1. The van der Waals surface area contributed by atoms with E-state index in [1.165, 1.54) is 0 Å². The fourth-order valence-corrected chi connectivity index (χ4v) is 3.86. The third-order valence-electron chi connectivity index (χ3n) is 5.43. The molecule has 1 aromatic heterocycles. The van der Waals surface area contributed by atoms with Gasteiger partial charge in [0.05, 0.1) is 18.6 Å². The first-order chi connectivity index (χ1) is 14.1. The van der Waals surface area contributed by atoms with Gasteiger partial charge < -0.3 is 15.0 Å². The number of pyridine rings is 1. The third kappa shape index (κ3) is 5.41. The average molecular weight is 396 g/mol. The molecule has 0 radical (unpaired) electrons. The first-order valence-electron chi connectivity index (χ1n) is 10.1. The fraction of sp³-hybridized carbons (Fsp3) is 0.435. The summed E-state index contributed by atoms with van der Waals surface area (Å²) < 4.78 is 5.21. The fourth-order valence-electron chi connectivity index (χ4n) is 3.86. The minimum absolute atomic E-state index is 0.00520. The highest BCUT2D eigenvalue weighted by Gasteiger charge is 2.40. The lowest BCUT2D eigenvalue weighted by Gasteiger charge is -2.40. The lowest BCUT2D eigenvalue weighted by Crippen LogP contribution is -2.49. The van der Waals surface area contributed by atoms with E-state index in [2.05, 4.69) is 10.3 Å². The molecule has 0 unspecified atom stereocenters. The van der Waals surface area contributed by atoms with E-state index in [1.54, 1.807) is 13.3 Å². The molecule has 1 aliphatic heterocycles. The number of benzene rings is 1. The second-order valence-corrected chi connectivity index (χ2v) is 7.48. The molecule has 2 heterocycles. The molecule has 6 heteroatoms. The summed E-state index contributed by atoms with van der Waals surface area (Å²) in [6, 6.07) is 11.7. The molecule has 154 valence electrons. The molecule has 29 heavy (non-hydrogen) atoms. The number of carbonyl (C=O) groups is 2. The number of hydrogen-bond acceptors (Lipinski definition) is 4. The van der Waals surface area contributed by atoms with Gasteiger partial charge in [-0.05, 0) is 37.0 Å². The number of amides is 2. The standard InChI is InChI=1S/C23H29N3O3/c1-17-5-7-19(8-6-17)22-20(9-10-21(27)26(22)14-15-29-2)23(28)25-13-11-18-4-3-12-24-16-18/h3-8,12,16,20,22H,9-11,13-15H2,1-2H3,(H,25,28)/t20-,22-/m1/s1. The Morgan fingerprint density at radius 3 is 2.76 bits per heavy atom. The SMILES string of the molecule is COCCN1C(=O)CC[C@@H](C(=O)NCCc2cccnc2)[C@H]1c1ccc(C)cc1. The van der Waals surface area contributed by atoms with E-state index >= 15 is 0 Å². The average Bonchev–Trinajstić information content (AvgIpc) is 2.74. The zero-order chi connectivity index (χ0) is 20.6. The highest BCUT2D eigenvalue weighted by Crippen LogP contribution is 2.37. The molecule has 1 fully saturated rings. The van der Waals surface area contributed by atoms with Crippen LogP contribution >= 0.6 is 0 Å². The predicted molar refractivity (Wildman–Crippen MR) is 111 cm³/mol. The number of carbonyl (C=O) groups excluding carboxylic acids is 2. The van der Waals surface area contributed by atoms with Gasteiger partial charge in [0, 0.05) is 39.0 Å². The molecule has 2 atom stereocenters. The van der Waals surface area contributed by atoms with Crippen LogP contribution in [-0.2, 0) is 20.7 Å². The number of aromatic nitrogens is 1. The molecular weight excluding hydrogens is 366 g/mol. The van der Waals surface area contributed by atoms with E-state index in [4.69, 9.17) is 4.74 Å². The molecule has 1 aromatic carbocycles. The van der Waals surface area contributed by atoms with Gasteiger partial charge in [-0.2, -0.15) is 0 Å². The van der Waals surface area contributed by atoms with Crippen molar-refractivity contribution in [3.63, 3.8) is 0 Å². The van der Waals surface area contributed by atoms with Crippen molar-refractivity contribution in [1.29, 1.82) is 0 Å². The minimum Gasteiger partial charge on any atom is -0.383 e. The number of methoxy groups -OCH3 is 1. The summed E-state index contributed by atoms with van der Waals surface area (Å²) in [6.45, 7) is 3.51. The minimum atomic E-state index is -0.277. The maximum atomic E-state index is 13.1. The second-order valence-electron chi connectivity index (χ2n) is 7.48. The van der Waals surface area contributed by atoms with Gasteiger partial charge in [-0.25, -0.2) is 0 Å². The van der Waals surface area contributed by atoms with Crippen molar-refractivity contribution in [3.8, 4) is 0 Å². The number of piperidine rings is 1. The quantitative estimate of drug-likeness (QED) is 0.746. The van der Waals surface area contributed by atoms with Gasteiger partial charge in [0.15, 0.2) is 0 Å². The van der Waals surface area contributed by atoms with Gasteiger partial charge in [-0.3, -0.25) is 14.6 Å². The number of rotatable bonds is 8. The second kappa shape index (κ2) is 10.2. The molecule has 1 N–H and O–H groups in total. The summed E-state index contributed by atoms with van der Waals surface area (Å²) in [6.07, 6.45) is 5.22. The number of hydrogen-bond donors (Lipinski definition) is 1. The Morgan fingerprint density at radius 1 is 1.28 bits per heavy atom.